The first-order chi connectivity index (χ1) is 8.76. The van der Waals surface area contributed by atoms with Crippen molar-refractivity contribution in [3.63, 3.8) is 0 Å². The second-order valence-electron chi connectivity index (χ2n) is 5.73. The third-order valence-electron chi connectivity index (χ3n) is 2.51. The number of anilines is 1. The molecule has 0 radical (unpaired) electrons. The fourth-order valence-corrected chi connectivity index (χ4v) is 1.55. The Morgan fingerprint density at radius 2 is 1.89 bits per heavy atom. The number of hydrogen-bond acceptors (Lipinski definition) is 3. The standard InChI is InChI=1S/C15H24N2O2/c1-11(2)19-13-7-5-12(6-8-13)17-14(18)9-10-15(3,4)16/h5-8,11H,9-10,16H2,1-4H3,(H,17,18). The number of carbonyl (C=O) groups is 1. The number of amides is 1. The lowest BCUT2D eigenvalue weighted by molar-refractivity contribution is -0.116. The zero-order valence-corrected chi connectivity index (χ0v) is 12.2. The molecule has 4 heteroatoms. The van der Waals surface area contributed by atoms with Gasteiger partial charge < -0.3 is 15.8 Å². The maximum Gasteiger partial charge on any atom is 0.224 e. The highest BCUT2D eigenvalue weighted by Crippen LogP contribution is 2.17. The average Bonchev–Trinajstić information content (AvgIpc) is 2.28. The van der Waals surface area contributed by atoms with E-state index in [1.165, 1.54) is 0 Å². The molecule has 0 bridgehead atoms. The van der Waals surface area contributed by atoms with Crippen LogP contribution in [-0.2, 0) is 4.79 Å². The molecule has 0 saturated carbocycles. The minimum absolute atomic E-state index is 0.0175. The molecule has 0 aliphatic carbocycles. The highest BCUT2D eigenvalue weighted by atomic mass is 16.5. The van der Waals surface area contributed by atoms with Crippen molar-refractivity contribution in [2.75, 3.05) is 5.32 Å². The van der Waals surface area contributed by atoms with Crippen LogP contribution in [0.15, 0.2) is 24.3 Å². The first kappa shape index (κ1) is 15.5. The Morgan fingerprint density at radius 3 is 2.37 bits per heavy atom. The van der Waals surface area contributed by atoms with Crippen LogP contribution in [0.5, 0.6) is 5.75 Å². The van der Waals surface area contributed by atoms with E-state index >= 15 is 0 Å². The van der Waals surface area contributed by atoms with Gasteiger partial charge in [-0.15, -0.1) is 0 Å². The Labute approximate surface area is 115 Å². The zero-order chi connectivity index (χ0) is 14.5. The minimum Gasteiger partial charge on any atom is -0.491 e. The monoisotopic (exact) mass is 264 g/mol. The lowest BCUT2D eigenvalue weighted by atomic mass is 10.00. The predicted octanol–water partition coefficient (Wildman–Crippen LogP) is 2.93. The Hall–Kier alpha value is -1.55. The Bertz CT molecular complexity index is 405. The van der Waals surface area contributed by atoms with E-state index in [0.29, 0.717) is 12.8 Å². The van der Waals surface area contributed by atoms with Crippen LogP contribution >= 0.6 is 0 Å². The summed E-state index contributed by atoms with van der Waals surface area (Å²) in [6, 6.07) is 7.37. The molecule has 0 unspecified atom stereocenters. The van der Waals surface area contributed by atoms with Gasteiger partial charge in [0.1, 0.15) is 5.75 Å². The zero-order valence-electron chi connectivity index (χ0n) is 12.2. The van der Waals surface area contributed by atoms with Crippen molar-refractivity contribution in [1.82, 2.24) is 0 Å². The SMILES string of the molecule is CC(C)Oc1ccc(NC(=O)CCC(C)(C)N)cc1. The van der Waals surface area contributed by atoms with Crippen LogP contribution in [-0.4, -0.2) is 17.6 Å². The van der Waals surface area contributed by atoms with Crippen molar-refractivity contribution in [2.45, 2.75) is 52.2 Å². The van der Waals surface area contributed by atoms with Crippen LogP contribution in [0, 0.1) is 0 Å². The summed E-state index contributed by atoms with van der Waals surface area (Å²) in [6.45, 7) is 7.78. The Balaban J connectivity index is 2.47. The van der Waals surface area contributed by atoms with Crippen LogP contribution in [0.2, 0.25) is 0 Å². The lowest BCUT2D eigenvalue weighted by Crippen LogP contribution is -2.33. The van der Waals surface area contributed by atoms with Gasteiger partial charge in [-0.05, 0) is 58.4 Å². The molecule has 0 heterocycles. The quantitative estimate of drug-likeness (QED) is 0.830. The summed E-state index contributed by atoms with van der Waals surface area (Å²) >= 11 is 0. The molecule has 0 aliphatic heterocycles. The lowest BCUT2D eigenvalue weighted by Gasteiger charge is -2.17. The summed E-state index contributed by atoms with van der Waals surface area (Å²) < 4.78 is 5.54. The van der Waals surface area contributed by atoms with Crippen LogP contribution in [0.25, 0.3) is 0 Å². The van der Waals surface area contributed by atoms with E-state index in [1.807, 2.05) is 52.0 Å². The van der Waals surface area contributed by atoms with E-state index in [2.05, 4.69) is 5.32 Å². The van der Waals surface area contributed by atoms with E-state index in [4.69, 9.17) is 10.5 Å². The number of benzene rings is 1. The number of rotatable bonds is 6. The molecule has 19 heavy (non-hydrogen) atoms. The molecular weight excluding hydrogens is 240 g/mol. The topological polar surface area (TPSA) is 64.3 Å². The van der Waals surface area contributed by atoms with Gasteiger partial charge in [0.25, 0.3) is 0 Å². The molecule has 1 aromatic carbocycles. The molecule has 3 N–H and O–H groups in total. The van der Waals surface area contributed by atoms with Gasteiger partial charge in [0.2, 0.25) is 5.91 Å². The van der Waals surface area contributed by atoms with Crippen LogP contribution in [0.4, 0.5) is 5.69 Å². The molecule has 1 aromatic rings. The van der Waals surface area contributed by atoms with E-state index in [9.17, 15) is 4.79 Å². The normalized spacial score (nSPS) is 11.5. The van der Waals surface area contributed by atoms with Crippen molar-refractivity contribution in [3.05, 3.63) is 24.3 Å². The number of nitrogens with one attached hydrogen (secondary N) is 1. The minimum atomic E-state index is -0.313. The second-order valence-corrected chi connectivity index (χ2v) is 5.73. The summed E-state index contributed by atoms with van der Waals surface area (Å²) in [6.07, 6.45) is 1.23. The highest BCUT2D eigenvalue weighted by Gasteiger charge is 2.13. The molecule has 1 amide bonds. The third-order valence-corrected chi connectivity index (χ3v) is 2.51. The first-order valence-corrected chi connectivity index (χ1v) is 6.62. The molecule has 0 atom stereocenters. The molecule has 1 rings (SSSR count). The Morgan fingerprint density at radius 1 is 1.32 bits per heavy atom. The summed E-state index contributed by atoms with van der Waals surface area (Å²) in [5.41, 5.74) is 6.31. The van der Waals surface area contributed by atoms with E-state index in [0.717, 1.165) is 11.4 Å². The second kappa shape index (κ2) is 6.57. The number of nitrogens with two attached hydrogens (primary N) is 1. The van der Waals surface area contributed by atoms with Crippen molar-refractivity contribution < 1.29 is 9.53 Å². The fourth-order valence-electron chi connectivity index (χ4n) is 1.55. The Kier molecular flexibility index (Phi) is 5.36. The van der Waals surface area contributed by atoms with Gasteiger partial charge in [0.15, 0.2) is 0 Å². The van der Waals surface area contributed by atoms with Gasteiger partial charge in [-0.3, -0.25) is 4.79 Å². The largest absolute Gasteiger partial charge is 0.491 e. The predicted molar refractivity (Wildman–Crippen MR) is 78.3 cm³/mol. The van der Waals surface area contributed by atoms with Gasteiger partial charge in [-0.25, -0.2) is 0 Å². The third kappa shape index (κ3) is 6.82. The van der Waals surface area contributed by atoms with Gasteiger partial charge in [0, 0.05) is 17.6 Å². The molecular formula is C15H24N2O2. The molecule has 106 valence electrons. The van der Waals surface area contributed by atoms with Gasteiger partial charge in [-0.2, -0.15) is 0 Å². The molecule has 0 aromatic heterocycles. The summed E-state index contributed by atoms with van der Waals surface area (Å²) in [7, 11) is 0. The average molecular weight is 264 g/mol. The van der Waals surface area contributed by atoms with Crippen molar-refractivity contribution in [3.8, 4) is 5.75 Å². The fraction of sp³-hybridized carbons (Fsp3) is 0.533. The number of carbonyl (C=O) groups excluding carboxylic acids is 1. The molecule has 0 fully saturated rings. The molecule has 0 spiro atoms. The van der Waals surface area contributed by atoms with Crippen LogP contribution in [0.3, 0.4) is 0 Å². The van der Waals surface area contributed by atoms with Gasteiger partial charge in [-0.1, -0.05) is 0 Å². The van der Waals surface area contributed by atoms with Crippen LogP contribution < -0.4 is 15.8 Å². The summed E-state index contributed by atoms with van der Waals surface area (Å²) in [4.78, 5) is 11.7. The maximum absolute atomic E-state index is 11.7. The maximum atomic E-state index is 11.7. The van der Waals surface area contributed by atoms with E-state index < -0.39 is 0 Å². The summed E-state index contributed by atoms with van der Waals surface area (Å²) in [5.74, 6) is 0.784. The smallest absolute Gasteiger partial charge is 0.224 e. The van der Waals surface area contributed by atoms with Crippen molar-refractivity contribution >= 4 is 11.6 Å². The molecule has 4 nitrogen and oxygen atoms in total. The van der Waals surface area contributed by atoms with Crippen molar-refractivity contribution in [1.29, 1.82) is 0 Å². The molecule has 0 saturated heterocycles. The highest BCUT2D eigenvalue weighted by molar-refractivity contribution is 5.90. The van der Waals surface area contributed by atoms with Crippen molar-refractivity contribution in [2.24, 2.45) is 5.73 Å². The van der Waals surface area contributed by atoms with E-state index in [-0.39, 0.29) is 17.6 Å². The van der Waals surface area contributed by atoms with Crippen LogP contribution in [0.1, 0.15) is 40.5 Å². The summed E-state index contributed by atoms with van der Waals surface area (Å²) in [5, 5.41) is 2.84. The van der Waals surface area contributed by atoms with Gasteiger partial charge >= 0.3 is 0 Å². The number of ether oxygens (including phenoxy) is 1. The molecule has 0 aliphatic rings. The van der Waals surface area contributed by atoms with E-state index in [1.54, 1.807) is 0 Å². The first-order valence-electron chi connectivity index (χ1n) is 6.62. The number of hydrogen-bond donors (Lipinski definition) is 2. The van der Waals surface area contributed by atoms with Gasteiger partial charge in [0.05, 0.1) is 6.10 Å².